The van der Waals surface area contributed by atoms with Crippen LogP contribution >= 0.6 is 0 Å². The van der Waals surface area contributed by atoms with E-state index in [4.69, 9.17) is 5.73 Å². The Labute approximate surface area is 107 Å². The van der Waals surface area contributed by atoms with Gasteiger partial charge in [0.15, 0.2) is 0 Å². The molecule has 3 rings (SSSR count). The standard InChI is InChI=1S/C14H19N3O/c15-12-5-4-10-8-17(9-11(10)7-12)13-3-1-2-6-16-14(13)18/h4-5,7,13H,1-3,6,8-9,15H2,(H,16,18). The molecule has 0 aliphatic carbocycles. The van der Waals surface area contributed by atoms with Gasteiger partial charge in [-0.1, -0.05) is 6.07 Å². The molecular formula is C14H19N3O. The van der Waals surface area contributed by atoms with Gasteiger partial charge in [-0.25, -0.2) is 0 Å². The van der Waals surface area contributed by atoms with Crippen LogP contribution in [0.25, 0.3) is 0 Å². The molecule has 1 atom stereocenters. The maximum absolute atomic E-state index is 12.0. The molecule has 96 valence electrons. The first-order valence-electron chi connectivity index (χ1n) is 6.63. The number of anilines is 1. The molecule has 0 bridgehead atoms. The van der Waals surface area contributed by atoms with Crippen molar-refractivity contribution in [3.05, 3.63) is 29.3 Å². The Balaban J connectivity index is 1.78. The molecule has 0 aromatic heterocycles. The van der Waals surface area contributed by atoms with Crippen molar-refractivity contribution in [2.24, 2.45) is 0 Å². The summed E-state index contributed by atoms with van der Waals surface area (Å²) in [6.45, 7) is 2.54. The Kier molecular flexibility index (Phi) is 2.96. The number of fused-ring (bicyclic) bond motifs is 1. The van der Waals surface area contributed by atoms with Crippen LogP contribution in [-0.2, 0) is 17.9 Å². The predicted molar refractivity (Wildman–Crippen MR) is 70.8 cm³/mol. The van der Waals surface area contributed by atoms with Crippen LogP contribution in [0.15, 0.2) is 18.2 Å². The minimum absolute atomic E-state index is 0.0288. The predicted octanol–water partition coefficient (Wildman–Crippen LogP) is 1.25. The zero-order valence-corrected chi connectivity index (χ0v) is 10.5. The highest BCUT2D eigenvalue weighted by molar-refractivity contribution is 5.82. The monoisotopic (exact) mass is 245 g/mol. The fourth-order valence-corrected chi connectivity index (χ4v) is 2.93. The van der Waals surface area contributed by atoms with Crippen LogP contribution in [0, 0.1) is 0 Å². The number of carbonyl (C=O) groups excluding carboxylic acids is 1. The molecule has 2 aliphatic rings. The summed E-state index contributed by atoms with van der Waals surface area (Å²) in [7, 11) is 0. The van der Waals surface area contributed by atoms with E-state index in [2.05, 4.69) is 16.3 Å². The van der Waals surface area contributed by atoms with Gasteiger partial charge in [0.2, 0.25) is 5.91 Å². The van der Waals surface area contributed by atoms with Gasteiger partial charge in [0.05, 0.1) is 6.04 Å². The molecule has 4 heteroatoms. The number of carbonyl (C=O) groups is 1. The third-order valence-corrected chi connectivity index (χ3v) is 3.92. The van der Waals surface area contributed by atoms with Gasteiger partial charge in [0.1, 0.15) is 0 Å². The van der Waals surface area contributed by atoms with E-state index in [0.29, 0.717) is 0 Å². The van der Waals surface area contributed by atoms with Crippen LogP contribution in [0.5, 0.6) is 0 Å². The first-order chi connectivity index (χ1) is 8.74. The number of nitrogen functional groups attached to an aromatic ring is 1. The Bertz CT molecular complexity index is 472. The average molecular weight is 245 g/mol. The summed E-state index contributed by atoms with van der Waals surface area (Å²) in [4.78, 5) is 14.3. The fourth-order valence-electron chi connectivity index (χ4n) is 2.93. The summed E-state index contributed by atoms with van der Waals surface area (Å²) in [5.41, 5.74) is 9.19. The second-order valence-electron chi connectivity index (χ2n) is 5.24. The number of nitrogens with two attached hydrogens (primary N) is 1. The van der Waals surface area contributed by atoms with Crippen LogP contribution in [0.1, 0.15) is 30.4 Å². The van der Waals surface area contributed by atoms with E-state index < -0.39 is 0 Å². The van der Waals surface area contributed by atoms with Crippen LogP contribution in [0.2, 0.25) is 0 Å². The van der Waals surface area contributed by atoms with Gasteiger partial charge in [0, 0.05) is 25.3 Å². The molecule has 0 radical (unpaired) electrons. The van der Waals surface area contributed by atoms with Crippen molar-refractivity contribution in [3.8, 4) is 0 Å². The largest absolute Gasteiger partial charge is 0.399 e. The molecule has 1 amide bonds. The zero-order chi connectivity index (χ0) is 12.5. The molecule has 18 heavy (non-hydrogen) atoms. The summed E-state index contributed by atoms with van der Waals surface area (Å²) in [5.74, 6) is 0.188. The van der Waals surface area contributed by atoms with E-state index in [0.717, 1.165) is 44.6 Å². The lowest BCUT2D eigenvalue weighted by molar-refractivity contribution is -0.126. The SMILES string of the molecule is Nc1ccc2c(c1)CN(C1CCCCNC1=O)C2. The highest BCUT2D eigenvalue weighted by atomic mass is 16.2. The normalized spacial score (nSPS) is 24.4. The number of hydrogen-bond donors (Lipinski definition) is 2. The van der Waals surface area contributed by atoms with Crippen molar-refractivity contribution in [2.45, 2.75) is 38.4 Å². The van der Waals surface area contributed by atoms with Crippen molar-refractivity contribution >= 4 is 11.6 Å². The maximum atomic E-state index is 12.0. The smallest absolute Gasteiger partial charge is 0.237 e. The Morgan fingerprint density at radius 3 is 2.94 bits per heavy atom. The lowest BCUT2D eigenvalue weighted by atomic mass is 10.1. The van der Waals surface area contributed by atoms with Gasteiger partial charge in [-0.15, -0.1) is 0 Å². The molecule has 2 aliphatic heterocycles. The Morgan fingerprint density at radius 2 is 2.06 bits per heavy atom. The number of benzene rings is 1. The topological polar surface area (TPSA) is 58.4 Å². The van der Waals surface area contributed by atoms with Gasteiger partial charge in [0.25, 0.3) is 0 Å². The molecule has 1 fully saturated rings. The van der Waals surface area contributed by atoms with E-state index >= 15 is 0 Å². The van der Waals surface area contributed by atoms with Crippen LogP contribution in [0.4, 0.5) is 5.69 Å². The van der Waals surface area contributed by atoms with E-state index in [1.54, 1.807) is 0 Å². The van der Waals surface area contributed by atoms with E-state index in [1.807, 2.05) is 12.1 Å². The lowest BCUT2D eigenvalue weighted by Crippen LogP contribution is -2.43. The summed E-state index contributed by atoms with van der Waals surface area (Å²) in [5, 5.41) is 3.00. The molecule has 3 N–H and O–H groups in total. The van der Waals surface area contributed by atoms with Crippen molar-refractivity contribution in [1.29, 1.82) is 0 Å². The van der Waals surface area contributed by atoms with Crippen molar-refractivity contribution < 1.29 is 4.79 Å². The quantitative estimate of drug-likeness (QED) is 0.732. The third-order valence-electron chi connectivity index (χ3n) is 3.92. The van der Waals surface area contributed by atoms with Gasteiger partial charge >= 0.3 is 0 Å². The van der Waals surface area contributed by atoms with Gasteiger partial charge in [-0.3, -0.25) is 9.69 Å². The van der Waals surface area contributed by atoms with E-state index in [-0.39, 0.29) is 11.9 Å². The zero-order valence-electron chi connectivity index (χ0n) is 10.5. The molecule has 2 heterocycles. The van der Waals surface area contributed by atoms with Crippen LogP contribution in [0.3, 0.4) is 0 Å². The van der Waals surface area contributed by atoms with Gasteiger partial charge in [-0.05, 0) is 42.5 Å². The third kappa shape index (κ3) is 2.08. The molecule has 0 spiro atoms. The molecular weight excluding hydrogens is 226 g/mol. The lowest BCUT2D eigenvalue weighted by Gasteiger charge is -2.24. The summed E-state index contributed by atoms with van der Waals surface area (Å²) >= 11 is 0. The van der Waals surface area contributed by atoms with Crippen LogP contribution in [-0.4, -0.2) is 23.4 Å². The van der Waals surface area contributed by atoms with Crippen LogP contribution < -0.4 is 11.1 Å². The highest BCUT2D eigenvalue weighted by Crippen LogP contribution is 2.28. The second kappa shape index (κ2) is 4.61. The second-order valence-corrected chi connectivity index (χ2v) is 5.24. The first-order valence-corrected chi connectivity index (χ1v) is 6.63. The number of rotatable bonds is 1. The summed E-state index contributed by atoms with van der Waals surface area (Å²) in [6.07, 6.45) is 3.18. The minimum atomic E-state index is 0.0288. The number of nitrogens with one attached hydrogen (secondary N) is 1. The number of amides is 1. The summed E-state index contributed by atoms with van der Waals surface area (Å²) in [6, 6.07) is 6.08. The highest BCUT2D eigenvalue weighted by Gasteiger charge is 2.31. The van der Waals surface area contributed by atoms with Crippen molar-refractivity contribution in [2.75, 3.05) is 12.3 Å². The minimum Gasteiger partial charge on any atom is -0.399 e. The fraction of sp³-hybridized carbons (Fsp3) is 0.500. The number of nitrogens with zero attached hydrogens (tertiary/aromatic N) is 1. The number of hydrogen-bond acceptors (Lipinski definition) is 3. The van der Waals surface area contributed by atoms with Gasteiger partial charge < -0.3 is 11.1 Å². The summed E-state index contributed by atoms with van der Waals surface area (Å²) < 4.78 is 0. The van der Waals surface area contributed by atoms with E-state index in [1.165, 1.54) is 11.1 Å². The average Bonchev–Trinajstić information content (AvgIpc) is 2.63. The van der Waals surface area contributed by atoms with E-state index in [9.17, 15) is 4.79 Å². The van der Waals surface area contributed by atoms with Gasteiger partial charge in [-0.2, -0.15) is 0 Å². The maximum Gasteiger partial charge on any atom is 0.237 e. The Morgan fingerprint density at radius 1 is 1.22 bits per heavy atom. The molecule has 1 aromatic carbocycles. The van der Waals surface area contributed by atoms with Crippen molar-refractivity contribution in [1.82, 2.24) is 10.2 Å². The molecule has 4 nitrogen and oxygen atoms in total. The Hall–Kier alpha value is -1.55. The molecule has 0 saturated carbocycles. The molecule has 1 unspecified atom stereocenters. The first kappa shape index (κ1) is 11.5. The molecule has 1 aromatic rings. The molecule has 1 saturated heterocycles. The van der Waals surface area contributed by atoms with Crippen molar-refractivity contribution in [3.63, 3.8) is 0 Å².